The van der Waals surface area contributed by atoms with E-state index < -0.39 is 33.9 Å². The highest BCUT2D eigenvalue weighted by Gasteiger charge is 2.67. The zero-order valence-corrected chi connectivity index (χ0v) is 22.3. The molecule has 12 heteroatoms. The zero-order valence-electron chi connectivity index (χ0n) is 17.8. The molecule has 0 unspecified atom stereocenters. The molecule has 0 radical (unpaired) electrons. The Kier molecular flexibility index (Phi) is 7.75. The molecule has 188 valence electrons. The van der Waals surface area contributed by atoms with Gasteiger partial charge in [0.15, 0.2) is 0 Å². The summed E-state index contributed by atoms with van der Waals surface area (Å²) in [5, 5.41) is 6.19. The summed E-state index contributed by atoms with van der Waals surface area (Å²) in [6.45, 7) is 0. The van der Waals surface area contributed by atoms with Crippen molar-refractivity contribution in [2.24, 2.45) is 5.92 Å². The molecular weight excluding hydrogens is 587 g/mol. The van der Waals surface area contributed by atoms with Crippen LogP contribution in [0.1, 0.15) is 47.5 Å². The van der Waals surface area contributed by atoms with Crippen molar-refractivity contribution in [2.75, 3.05) is 5.32 Å². The number of hydrogen-bond acceptors (Lipinski definition) is 2. The summed E-state index contributed by atoms with van der Waals surface area (Å²) in [4.78, 5) is 25.7. The summed E-state index contributed by atoms with van der Waals surface area (Å²) in [6.07, 6.45) is -0.232. The number of nitrogens with one attached hydrogen (secondary N) is 2. The summed E-state index contributed by atoms with van der Waals surface area (Å²) in [7, 11) is 0. The highest BCUT2D eigenvalue weighted by Crippen LogP contribution is 2.65. The molecule has 0 heterocycles. The number of carbonyl (C=O) groups excluding carboxylic acids is 2. The zero-order chi connectivity index (χ0) is 25.7. The van der Waals surface area contributed by atoms with Gasteiger partial charge in [0.1, 0.15) is 4.33 Å². The SMILES string of the molecule is O=C(NC1CCC(F)(F)CC1)c1cc(NC(=O)[C@@H]2[C@@H](c3cc(Cl)c(Cl)c(Cl)c3)C2(Cl)Cl)ccc1Cl. The lowest BCUT2D eigenvalue weighted by Crippen LogP contribution is -2.40. The van der Waals surface area contributed by atoms with Crippen molar-refractivity contribution < 1.29 is 18.4 Å². The maximum atomic E-state index is 13.4. The highest BCUT2D eigenvalue weighted by molar-refractivity contribution is 6.54. The maximum absolute atomic E-state index is 13.4. The largest absolute Gasteiger partial charge is 0.349 e. The lowest BCUT2D eigenvalue weighted by molar-refractivity contribution is -0.117. The monoisotopic (exact) mass is 602 g/mol. The Balaban J connectivity index is 1.45. The standard InChI is InChI=1S/C23H18Cl6F2N2O2/c24-14-2-1-12(9-13(14)20(34)32-11-3-5-22(30,31)6-4-11)33-21(35)18-17(23(18,28)29)10-7-15(25)19(27)16(26)8-10/h1-2,7-9,11,17-18H,3-6H2,(H,32,34)(H,33,35)/t17-,18+/m1/s1. The van der Waals surface area contributed by atoms with E-state index in [1.54, 1.807) is 12.1 Å². The maximum Gasteiger partial charge on any atom is 0.253 e. The Morgan fingerprint density at radius 3 is 2.11 bits per heavy atom. The van der Waals surface area contributed by atoms with Gasteiger partial charge in [-0.3, -0.25) is 9.59 Å². The molecule has 0 spiro atoms. The lowest BCUT2D eigenvalue weighted by Gasteiger charge is -2.28. The van der Waals surface area contributed by atoms with Crippen LogP contribution < -0.4 is 10.6 Å². The number of rotatable bonds is 5. The molecule has 2 amide bonds. The van der Waals surface area contributed by atoms with Gasteiger partial charge in [0.25, 0.3) is 5.91 Å². The lowest BCUT2D eigenvalue weighted by atomic mass is 9.92. The van der Waals surface area contributed by atoms with Crippen LogP contribution in [-0.4, -0.2) is 28.1 Å². The smallest absolute Gasteiger partial charge is 0.253 e. The van der Waals surface area contributed by atoms with Crippen LogP contribution in [0.15, 0.2) is 30.3 Å². The van der Waals surface area contributed by atoms with Gasteiger partial charge in [-0.15, -0.1) is 23.2 Å². The molecule has 2 aliphatic carbocycles. The quantitative estimate of drug-likeness (QED) is 0.267. The average Bonchev–Trinajstić information content (AvgIpc) is 3.36. The van der Waals surface area contributed by atoms with Crippen molar-refractivity contribution in [2.45, 2.75) is 47.9 Å². The van der Waals surface area contributed by atoms with Gasteiger partial charge in [0, 0.05) is 30.5 Å². The fourth-order valence-corrected chi connectivity index (χ4v) is 5.91. The Labute approximate surface area is 230 Å². The van der Waals surface area contributed by atoms with E-state index in [1.165, 1.54) is 18.2 Å². The van der Waals surface area contributed by atoms with Gasteiger partial charge in [-0.2, -0.15) is 0 Å². The Bertz CT molecular complexity index is 1160. The molecule has 2 atom stereocenters. The second-order valence-corrected chi connectivity index (χ2v) is 11.8. The van der Waals surface area contributed by atoms with Crippen LogP contribution >= 0.6 is 69.6 Å². The molecule has 4 nitrogen and oxygen atoms in total. The molecule has 2 aromatic rings. The summed E-state index contributed by atoms with van der Waals surface area (Å²) in [5.41, 5.74) is 0.957. The van der Waals surface area contributed by atoms with Crippen LogP contribution in [0.25, 0.3) is 0 Å². The predicted octanol–water partition coefficient (Wildman–Crippen LogP) is 8.13. The fourth-order valence-electron chi connectivity index (χ4n) is 4.27. The van der Waals surface area contributed by atoms with Crippen LogP contribution in [0.5, 0.6) is 0 Å². The Hall–Kier alpha value is -1.02. The van der Waals surface area contributed by atoms with Crippen LogP contribution in [0.2, 0.25) is 20.1 Å². The van der Waals surface area contributed by atoms with Crippen molar-refractivity contribution in [1.29, 1.82) is 0 Å². The predicted molar refractivity (Wildman–Crippen MR) is 137 cm³/mol. The molecule has 2 saturated carbocycles. The number of benzene rings is 2. The van der Waals surface area contributed by atoms with Gasteiger partial charge >= 0.3 is 0 Å². The van der Waals surface area contributed by atoms with Crippen molar-refractivity contribution in [1.82, 2.24) is 5.32 Å². The molecule has 2 aromatic carbocycles. The number of amides is 2. The first kappa shape index (κ1) is 27.0. The Morgan fingerprint density at radius 2 is 1.51 bits per heavy atom. The molecule has 2 aliphatic rings. The minimum atomic E-state index is -2.70. The second kappa shape index (κ2) is 10.0. The van der Waals surface area contributed by atoms with Gasteiger partial charge in [-0.1, -0.05) is 46.4 Å². The van der Waals surface area contributed by atoms with Crippen LogP contribution in [0.4, 0.5) is 14.5 Å². The molecule has 0 saturated heterocycles. The molecule has 2 fully saturated rings. The number of halogens is 8. The van der Waals surface area contributed by atoms with E-state index in [4.69, 9.17) is 69.6 Å². The molecule has 35 heavy (non-hydrogen) atoms. The van der Waals surface area contributed by atoms with Crippen molar-refractivity contribution in [3.8, 4) is 0 Å². The van der Waals surface area contributed by atoms with E-state index in [-0.39, 0.29) is 57.4 Å². The first-order chi connectivity index (χ1) is 16.3. The van der Waals surface area contributed by atoms with Crippen LogP contribution in [-0.2, 0) is 4.79 Å². The summed E-state index contributed by atoms with van der Waals surface area (Å²) >= 11 is 37.2. The summed E-state index contributed by atoms with van der Waals surface area (Å²) < 4.78 is 25.4. The average molecular weight is 605 g/mol. The topological polar surface area (TPSA) is 58.2 Å². The van der Waals surface area contributed by atoms with Gasteiger partial charge in [0.2, 0.25) is 11.8 Å². The molecule has 2 N–H and O–H groups in total. The first-order valence-electron chi connectivity index (χ1n) is 10.6. The minimum absolute atomic E-state index is 0.105. The fraction of sp³-hybridized carbons (Fsp3) is 0.391. The van der Waals surface area contributed by atoms with Crippen molar-refractivity contribution in [3.63, 3.8) is 0 Å². The Morgan fingerprint density at radius 1 is 0.914 bits per heavy atom. The van der Waals surface area contributed by atoms with E-state index in [0.717, 1.165) is 0 Å². The van der Waals surface area contributed by atoms with E-state index in [0.29, 0.717) is 11.3 Å². The van der Waals surface area contributed by atoms with E-state index >= 15 is 0 Å². The molecule has 0 aromatic heterocycles. The highest BCUT2D eigenvalue weighted by atomic mass is 35.5. The van der Waals surface area contributed by atoms with Crippen molar-refractivity contribution >= 4 is 87.1 Å². The number of carbonyl (C=O) groups is 2. The van der Waals surface area contributed by atoms with Gasteiger partial charge < -0.3 is 10.6 Å². The van der Waals surface area contributed by atoms with Crippen molar-refractivity contribution in [3.05, 3.63) is 61.5 Å². The molecule has 4 rings (SSSR count). The summed E-state index contributed by atoms with van der Waals surface area (Å²) in [6, 6.07) is 7.12. The van der Waals surface area contributed by atoms with Crippen LogP contribution in [0.3, 0.4) is 0 Å². The minimum Gasteiger partial charge on any atom is -0.349 e. The van der Waals surface area contributed by atoms with Gasteiger partial charge in [0.05, 0.1) is 31.6 Å². The normalized spacial score (nSPS) is 23.0. The first-order valence-corrected chi connectivity index (χ1v) is 12.9. The van der Waals surface area contributed by atoms with Gasteiger partial charge in [-0.05, 0) is 48.7 Å². The third-order valence-corrected chi connectivity index (χ3v) is 8.70. The number of alkyl halides is 4. The molecular formula is C23H18Cl6F2N2O2. The number of anilines is 1. The molecule has 0 aliphatic heterocycles. The summed E-state index contributed by atoms with van der Waals surface area (Å²) in [5.74, 6) is -5.11. The van der Waals surface area contributed by atoms with Gasteiger partial charge in [-0.25, -0.2) is 8.78 Å². The second-order valence-electron chi connectivity index (χ2n) is 8.72. The number of hydrogen-bond donors (Lipinski definition) is 2. The van der Waals surface area contributed by atoms with E-state index in [9.17, 15) is 18.4 Å². The molecule has 0 bridgehead atoms. The van der Waals surface area contributed by atoms with E-state index in [2.05, 4.69) is 10.6 Å². The third kappa shape index (κ3) is 5.78. The van der Waals surface area contributed by atoms with Crippen LogP contribution in [0, 0.1) is 5.92 Å². The third-order valence-electron chi connectivity index (χ3n) is 6.23. The van der Waals surface area contributed by atoms with E-state index in [1.807, 2.05) is 0 Å².